The van der Waals surface area contributed by atoms with Crippen LogP contribution in [0.4, 0.5) is 5.82 Å². The number of nitrogens with zero attached hydrogens (tertiary/aromatic N) is 4. The van der Waals surface area contributed by atoms with Crippen LogP contribution < -0.4 is 10.9 Å². The smallest absolute Gasteiger partial charge is 0.414 e. The van der Waals surface area contributed by atoms with E-state index in [9.17, 15) is 9.90 Å². The molecule has 13 nitrogen and oxygen atoms in total. The third kappa shape index (κ3) is 7.77. The Bertz CT molecular complexity index is 1450. The molecule has 1 aliphatic heterocycles. The van der Waals surface area contributed by atoms with E-state index in [1.807, 2.05) is 24.3 Å². The number of fused-ring (bicyclic) bond motifs is 1. The highest BCUT2D eigenvalue weighted by atomic mass is 16.4. The zero-order valence-electron chi connectivity index (χ0n) is 21.8. The summed E-state index contributed by atoms with van der Waals surface area (Å²) in [6.45, 7) is 4.37. The Labute approximate surface area is 229 Å². The first-order valence-electron chi connectivity index (χ1n) is 12.9. The number of hydrogen-bond donors (Lipinski definition) is 5. The predicted molar refractivity (Wildman–Crippen MR) is 145 cm³/mol. The summed E-state index contributed by atoms with van der Waals surface area (Å²) < 4.78 is 8.01. The van der Waals surface area contributed by atoms with Crippen molar-refractivity contribution in [1.29, 1.82) is 0 Å². The van der Waals surface area contributed by atoms with Gasteiger partial charge in [0, 0.05) is 25.6 Å². The summed E-state index contributed by atoms with van der Waals surface area (Å²) in [6, 6.07) is 15.2. The summed E-state index contributed by atoms with van der Waals surface area (Å²) in [5.41, 5.74) is 1.92. The maximum atomic E-state index is 11.1. The number of piperidine rings is 1. The van der Waals surface area contributed by atoms with Crippen molar-refractivity contribution in [3.05, 3.63) is 76.2 Å². The van der Waals surface area contributed by atoms with Gasteiger partial charge in [-0.3, -0.25) is 4.79 Å². The summed E-state index contributed by atoms with van der Waals surface area (Å²) >= 11 is 0. The number of aliphatic hydroxyl groups is 1. The number of hydrogen-bond acceptors (Lipinski definition) is 9. The van der Waals surface area contributed by atoms with Crippen LogP contribution in [-0.4, -0.2) is 78.1 Å². The van der Waals surface area contributed by atoms with Crippen molar-refractivity contribution in [3.63, 3.8) is 0 Å². The molecule has 1 aliphatic rings. The van der Waals surface area contributed by atoms with Crippen LogP contribution in [0.25, 0.3) is 11.0 Å². The second-order valence-corrected chi connectivity index (χ2v) is 9.46. The first kappa shape index (κ1) is 28.5. The Morgan fingerprint density at radius 1 is 1.02 bits per heavy atom. The number of aromatic nitrogens is 4. The molecule has 4 aromatic rings. The van der Waals surface area contributed by atoms with Gasteiger partial charge in [-0.1, -0.05) is 12.1 Å². The number of carbonyl (C=O) groups is 2. The van der Waals surface area contributed by atoms with Gasteiger partial charge in [0.15, 0.2) is 0 Å². The van der Waals surface area contributed by atoms with E-state index in [2.05, 4.69) is 37.1 Å². The number of carboxylic acid groups (broad SMARTS) is 2. The number of aliphatic hydroxyl groups excluding tert-OH is 1. The van der Waals surface area contributed by atoms with Crippen LogP contribution in [-0.2, 0) is 29.2 Å². The van der Waals surface area contributed by atoms with Gasteiger partial charge in [0.2, 0.25) is 0 Å². The van der Waals surface area contributed by atoms with Gasteiger partial charge >= 0.3 is 11.9 Å². The lowest BCUT2D eigenvalue weighted by molar-refractivity contribution is -0.159. The van der Waals surface area contributed by atoms with E-state index < -0.39 is 11.9 Å². The number of aliphatic carboxylic acids is 2. The first-order chi connectivity index (χ1) is 19.3. The van der Waals surface area contributed by atoms with Crippen molar-refractivity contribution in [3.8, 4) is 0 Å². The van der Waals surface area contributed by atoms with Crippen LogP contribution in [0.1, 0.15) is 30.2 Å². The molecule has 0 saturated carbocycles. The monoisotopic (exact) mass is 552 g/mol. The number of benzene rings is 1. The van der Waals surface area contributed by atoms with E-state index in [4.69, 9.17) is 29.2 Å². The molecule has 1 aromatic carbocycles. The Balaban J connectivity index is 0.000000557. The van der Waals surface area contributed by atoms with Crippen molar-refractivity contribution in [1.82, 2.24) is 24.6 Å². The van der Waals surface area contributed by atoms with E-state index >= 15 is 0 Å². The zero-order chi connectivity index (χ0) is 28.5. The van der Waals surface area contributed by atoms with Crippen LogP contribution in [0, 0.1) is 5.92 Å². The van der Waals surface area contributed by atoms with E-state index in [1.54, 1.807) is 6.07 Å². The molecule has 0 unspecified atom stereocenters. The lowest BCUT2D eigenvalue weighted by atomic mass is 9.93. The molecule has 0 radical (unpaired) electrons. The van der Waals surface area contributed by atoms with Crippen LogP contribution >= 0.6 is 0 Å². The number of rotatable bonds is 9. The van der Waals surface area contributed by atoms with Gasteiger partial charge in [-0.25, -0.2) is 19.7 Å². The molecule has 5 N–H and O–H groups in total. The molecule has 13 heteroatoms. The molecule has 1 saturated heterocycles. The second-order valence-electron chi connectivity index (χ2n) is 9.46. The number of likely N-dealkylation sites (tertiary alicyclic amines) is 1. The van der Waals surface area contributed by atoms with Gasteiger partial charge in [-0.05, 0) is 62.2 Å². The Morgan fingerprint density at radius 3 is 2.40 bits per heavy atom. The fourth-order valence-electron chi connectivity index (χ4n) is 4.66. The number of anilines is 1. The molecule has 5 rings (SSSR count). The molecule has 0 spiro atoms. The van der Waals surface area contributed by atoms with Gasteiger partial charge in [-0.2, -0.15) is 5.10 Å². The molecule has 40 heavy (non-hydrogen) atoms. The number of carboxylic acids is 2. The maximum absolute atomic E-state index is 11.1. The van der Waals surface area contributed by atoms with E-state index in [1.165, 1.54) is 6.07 Å². The predicted octanol–water partition coefficient (Wildman–Crippen LogP) is 1.78. The number of H-pyrrole nitrogens is 1. The summed E-state index contributed by atoms with van der Waals surface area (Å²) in [5, 5.41) is 33.8. The summed E-state index contributed by atoms with van der Waals surface area (Å²) in [6.07, 6.45) is 3.21. The first-order valence-corrected chi connectivity index (χ1v) is 12.9. The minimum atomic E-state index is -1.82. The Morgan fingerprint density at radius 2 is 1.75 bits per heavy atom. The summed E-state index contributed by atoms with van der Waals surface area (Å²) in [5.74, 6) is 0.130. The largest absolute Gasteiger partial charge is 0.473 e. The standard InChI is InChI=1S/C25H30N6O3.C2H2O4/c32-17-20-6-5-19(34-20)16-31-22-4-2-1-3-21(22)27-24(31)15-18-9-12-30(13-10-18)14-11-26-23-7-8-25(33)29-28-23;3-1(4)2(5)6/h1-8,18,32H,9-17H2,(H,26,28)(H,29,33);(H,3,4)(H,5,6). The molecule has 3 aromatic heterocycles. The fourth-order valence-corrected chi connectivity index (χ4v) is 4.66. The number of aromatic amines is 1. The van der Waals surface area contributed by atoms with Crippen LogP contribution in [0.2, 0.25) is 0 Å². The van der Waals surface area contributed by atoms with E-state index in [-0.39, 0.29) is 12.2 Å². The molecule has 212 valence electrons. The number of para-hydroxylation sites is 2. The molecular formula is C27H32N6O7. The normalized spacial score (nSPS) is 14.0. The van der Waals surface area contributed by atoms with Crippen LogP contribution in [0.5, 0.6) is 0 Å². The summed E-state index contributed by atoms with van der Waals surface area (Å²) in [4.78, 5) is 36.7. The minimum absolute atomic E-state index is 0.0903. The molecule has 4 heterocycles. The maximum Gasteiger partial charge on any atom is 0.414 e. The lowest BCUT2D eigenvalue weighted by Crippen LogP contribution is -2.37. The second kappa shape index (κ2) is 13.5. The molecule has 0 aliphatic carbocycles. The van der Waals surface area contributed by atoms with Gasteiger partial charge < -0.3 is 34.5 Å². The van der Waals surface area contributed by atoms with Crippen molar-refractivity contribution in [2.75, 3.05) is 31.5 Å². The average Bonchev–Trinajstić information content (AvgIpc) is 3.55. The fraction of sp³-hybridized carbons (Fsp3) is 0.370. The van der Waals surface area contributed by atoms with Crippen molar-refractivity contribution < 1.29 is 29.3 Å². The van der Waals surface area contributed by atoms with Crippen molar-refractivity contribution >= 4 is 28.8 Å². The number of imidazole rings is 1. The third-order valence-electron chi connectivity index (χ3n) is 6.70. The number of nitrogens with one attached hydrogen (secondary N) is 2. The Kier molecular flexibility index (Phi) is 9.65. The molecular weight excluding hydrogens is 520 g/mol. The van der Waals surface area contributed by atoms with Crippen LogP contribution in [0.3, 0.4) is 0 Å². The highest BCUT2D eigenvalue weighted by molar-refractivity contribution is 6.27. The van der Waals surface area contributed by atoms with Crippen molar-refractivity contribution in [2.24, 2.45) is 5.92 Å². The topological polar surface area (TPSA) is 187 Å². The highest BCUT2D eigenvalue weighted by Crippen LogP contribution is 2.25. The number of furan rings is 1. The van der Waals surface area contributed by atoms with Crippen molar-refractivity contribution in [2.45, 2.75) is 32.4 Å². The molecule has 0 bridgehead atoms. The quantitative estimate of drug-likeness (QED) is 0.190. The van der Waals surface area contributed by atoms with E-state index in [0.29, 0.717) is 24.0 Å². The zero-order valence-corrected chi connectivity index (χ0v) is 21.8. The SMILES string of the molecule is O=C(O)C(=O)O.O=c1ccc(NCCN2CCC(Cc3nc4ccccc4n3Cc3ccc(CO)o3)CC2)n[nH]1. The third-order valence-corrected chi connectivity index (χ3v) is 6.70. The van der Waals surface area contributed by atoms with E-state index in [0.717, 1.165) is 68.1 Å². The van der Waals surface area contributed by atoms with Gasteiger partial charge in [0.25, 0.3) is 5.56 Å². The molecule has 0 atom stereocenters. The highest BCUT2D eigenvalue weighted by Gasteiger charge is 2.22. The lowest BCUT2D eigenvalue weighted by Gasteiger charge is -2.32. The van der Waals surface area contributed by atoms with Gasteiger partial charge in [0.05, 0.1) is 17.6 Å². The average molecular weight is 553 g/mol. The Hall–Kier alpha value is -4.49. The van der Waals surface area contributed by atoms with Crippen LogP contribution in [0.15, 0.2) is 57.7 Å². The summed E-state index contributed by atoms with van der Waals surface area (Å²) in [7, 11) is 0. The molecule has 0 amide bonds. The molecule has 1 fully saturated rings. The van der Waals surface area contributed by atoms with Gasteiger partial charge in [-0.15, -0.1) is 0 Å². The van der Waals surface area contributed by atoms with Gasteiger partial charge in [0.1, 0.15) is 29.8 Å². The minimum Gasteiger partial charge on any atom is -0.473 e.